The summed E-state index contributed by atoms with van der Waals surface area (Å²) in [7, 11) is 2.92. The fourth-order valence-corrected chi connectivity index (χ4v) is 4.03. The second-order valence-corrected chi connectivity index (χ2v) is 7.79. The van der Waals surface area contributed by atoms with E-state index in [9.17, 15) is 22.8 Å². The molecule has 0 bridgehead atoms. The van der Waals surface area contributed by atoms with Crippen LogP contribution in [0, 0.1) is 3.57 Å². The molecule has 2 amide bonds. The fourth-order valence-electron chi connectivity index (χ4n) is 2.90. The molecule has 0 radical (unpaired) electrons. The molecule has 1 saturated heterocycles. The third-order valence-electron chi connectivity index (χ3n) is 4.30. The second-order valence-electron chi connectivity index (χ2n) is 6.24. The predicted octanol–water partition coefficient (Wildman–Crippen LogP) is 4.16. The minimum atomic E-state index is -4.60. The lowest BCUT2D eigenvalue weighted by Crippen LogP contribution is -2.54. The first-order valence-corrected chi connectivity index (χ1v) is 10.1. The maximum absolute atomic E-state index is 13.1. The van der Waals surface area contributed by atoms with Crippen LogP contribution in [0.5, 0.6) is 11.5 Å². The molecule has 0 saturated carbocycles. The SMILES string of the molecule is COc1cc(/C=C2\C(=O)NC(=S)N(c3cccc(C(F)(F)F)c3)C2=O)cc(I)c1OC. The Balaban J connectivity index is 2.06. The number of hydrogen-bond acceptors (Lipinski definition) is 5. The summed E-state index contributed by atoms with van der Waals surface area (Å²) in [6, 6.07) is 7.35. The van der Waals surface area contributed by atoms with Crippen molar-refractivity contribution in [2.75, 3.05) is 19.1 Å². The van der Waals surface area contributed by atoms with Crippen LogP contribution >= 0.6 is 34.8 Å². The number of thiocarbonyl (C=S) groups is 1. The summed E-state index contributed by atoms with van der Waals surface area (Å²) in [5.74, 6) is -0.743. The number of rotatable bonds is 4. The van der Waals surface area contributed by atoms with E-state index in [-0.39, 0.29) is 16.4 Å². The Hall–Kier alpha value is -2.67. The summed E-state index contributed by atoms with van der Waals surface area (Å²) in [5.41, 5.74) is -0.901. The zero-order valence-electron chi connectivity index (χ0n) is 16.0. The molecule has 1 heterocycles. The van der Waals surface area contributed by atoms with Crippen LogP contribution in [-0.2, 0) is 15.8 Å². The number of amides is 2. The molecular formula is C20H14F3IN2O4S. The van der Waals surface area contributed by atoms with Crippen molar-refractivity contribution in [2.24, 2.45) is 0 Å². The van der Waals surface area contributed by atoms with E-state index in [1.54, 1.807) is 12.1 Å². The van der Waals surface area contributed by atoms with Crippen LogP contribution in [0.25, 0.3) is 6.08 Å². The van der Waals surface area contributed by atoms with Crippen molar-refractivity contribution in [2.45, 2.75) is 6.18 Å². The quantitative estimate of drug-likeness (QED) is 0.263. The van der Waals surface area contributed by atoms with Gasteiger partial charge in [-0.2, -0.15) is 13.2 Å². The van der Waals surface area contributed by atoms with Gasteiger partial charge in [-0.15, -0.1) is 0 Å². The molecule has 6 nitrogen and oxygen atoms in total. The molecule has 0 spiro atoms. The first-order valence-electron chi connectivity index (χ1n) is 8.57. The zero-order valence-corrected chi connectivity index (χ0v) is 19.0. The fraction of sp³-hybridized carbons (Fsp3) is 0.150. The number of alkyl halides is 3. The number of carbonyl (C=O) groups is 2. The summed E-state index contributed by atoms with van der Waals surface area (Å²) in [6.07, 6.45) is -3.29. The van der Waals surface area contributed by atoms with E-state index in [1.165, 1.54) is 26.4 Å². The first kappa shape index (κ1) is 23.0. The van der Waals surface area contributed by atoms with Gasteiger partial charge in [0.2, 0.25) is 0 Å². The molecule has 11 heteroatoms. The lowest BCUT2D eigenvalue weighted by atomic mass is 10.1. The molecule has 0 unspecified atom stereocenters. The van der Waals surface area contributed by atoms with E-state index in [4.69, 9.17) is 21.7 Å². The van der Waals surface area contributed by atoms with Gasteiger partial charge in [0.05, 0.1) is 29.0 Å². The molecule has 0 atom stereocenters. The molecule has 1 aliphatic heterocycles. The molecule has 3 rings (SSSR count). The van der Waals surface area contributed by atoms with Crippen LogP contribution in [0.1, 0.15) is 11.1 Å². The highest BCUT2D eigenvalue weighted by Crippen LogP contribution is 2.35. The minimum absolute atomic E-state index is 0.113. The van der Waals surface area contributed by atoms with Crippen LogP contribution in [-0.4, -0.2) is 31.1 Å². The van der Waals surface area contributed by atoms with Crippen molar-refractivity contribution in [3.05, 3.63) is 56.7 Å². The van der Waals surface area contributed by atoms with Gasteiger partial charge in [-0.3, -0.25) is 19.8 Å². The Bertz CT molecular complexity index is 1120. The molecule has 31 heavy (non-hydrogen) atoms. The third-order valence-corrected chi connectivity index (χ3v) is 5.39. The topological polar surface area (TPSA) is 67.9 Å². The van der Waals surface area contributed by atoms with Crippen molar-refractivity contribution in [3.8, 4) is 11.5 Å². The summed E-state index contributed by atoms with van der Waals surface area (Å²) < 4.78 is 50.5. The normalized spacial score (nSPS) is 15.9. The highest BCUT2D eigenvalue weighted by molar-refractivity contribution is 14.1. The maximum atomic E-state index is 13.1. The van der Waals surface area contributed by atoms with Crippen molar-refractivity contribution >= 4 is 63.5 Å². The smallest absolute Gasteiger partial charge is 0.416 e. The highest BCUT2D eigenvalue weighted by Gasteiger charge is 2.36. The number of hydrogen-bond donors (Lipinski definition) is 1. The number of carbonyl (C=O) groups excluding carboxylic acids is 2. The Labute approximate surface area is 194 Å². The van der Waals surface area contributed by atoms with E-state index < -0.39 is 23.6 Å². The van der Waals surface area contributed by atoms with Crippen molar-refractivity contribution in [3.63, 3.8) is 0 Å². The van der Waals surface area contributed by atoms with E-state index in [0.29, 0.717) is 20.6 Å². The predicted molar refractivity (Wildman–Crippen MR) is 120 cm³/mol. The van der Waals surface area contributed by atoms with Gasteiger partial charge in [0, 0.05) is 0 Å². The van der Waals surface area contributed by atoms with E-state index in [0.717, 1.165) is 23.1 Å². The van der Waals surface area contributed by atoms with Crippen molar-refractivity contribution < 1.29 is 32.2 Å². The molecule has 1 N–H and O–H groups in total. The Morgan fingerprint density at radius 2 is 1.84 bits per heavy atom. The Kier molecular flexibility index (Phi) is 6.55. The summed E-state index contributed by atoms with van der Waals surface area (Å²) >= 11 is 7.05. The molecule has 1 aliphatic rings. The van der Waals surface area contributed by atoms with Gasteiger partial charge in [-0.05, 0) is 76.8 Å². The Morgan fingerprint density at radius 3 is 2.45 bits per heavy atom. The van der Waals surface area contributed by atoms with Crippen LogP contribution in [0.4, 0.5) is 18.9 Å². The van der Waals surface area contributed by atoms with Crippen LogP contribution in [0.3, 0.4) is 0 Å². The van der Waals surface area contributed by atoms with Crippen molar-refractivity contribution in [1.82, 2.24) is 5.32 Å². The van der Waals surface area contributed by atoms with E-state index in [2.05, 4.69) is 5.32 Å². The molecule has 2 aromatic carbocycles. The number of nitrogens with one attached hydrogen (secondary N) is 1. The number of ether oxygens (including phenoxy) is 2. The molecule has 162 valence electrons. The number of nitrogens with zero attached hydrogens (tertiary/aromatic N) is 1. The van der Waals surface area contributed by atoms with Gasteiger partial charge in [0.25, 0.3) is 11.8 Å². The van der Waals surface area contributed by atoms with Gasteiger partial charge in [0.15, 0.2) is 16.6 Å². The number of anilines is 1. The lowest BCUT2D eigenvalue weighted by Gasteiger charge is -2.29. The number of methoxy groups -OCH3 is 2. The van der Waals surface area contributed by atoms with Crippen LogP contribution in [0.15, 0.2) is 42.0 Å². The average Bonchev–Trinajstić information content (AvgIpc) is 2.70. The average molecular weight is 562 g/mol. The van der Waals surface area contributed by atoms with Gasteiger partial charge in [-0.1, -0.05) is 6.07 Å². The summed E-state index contributed by atoms with van der Waals surface area (Å²) in [6.45, 7) is 0. The molecule has 1 fully saturated rings. The number of halogens is 4. The lowest BCUT2D eigenvalue weighted by molar-refractivity contribution is -0.137. The Morgan fingerprint density at radius 1 is 1.13 bits per heavy atom. The largest absolute Gasteiger partial charge is 0.493 e. The van der Waals surface area contributed by atoms with Crippen LogP contribution in [0.2, 0.25) is 0 Å². The van der Waals surface area contributed by atoms with Gasteiger partial charge < -0.3 is 9.47 Å². The van der Waals surface area contributed by atoms with E-state index in [1.807, 2.05) is 22.6 Å². The molecule has 0 aliphatic carbocycles. The monoisotopic (exact) mass is 562 g/mol. The third kappa shape index (κ3) is 4.66. The van der Waals surface area contributed by atoms with Gasteiger partial charge in [-0.25, -0.2) is 0 Å². The molecule has 0 aromatic heterocycles. The number of benzene rings is 2. The molecule has 2 aromatic rings. The summed E-state index contributed by atoms with van der Waals surface area (Å²) in [4.78, 5) is 26.3. The maximum Gasteiger partial charge on any atom is 0.416 e. The van der Waals surface area contributed by atoms with Crippen LogP contribution < -0.4 is 19.7 Å². The highest BCUT2D eigenvalue weighted by atomic mass is 127. The van der Waals surface area contributed by atoms with Crippen molar-refractivity contribution in [1.29, 1.82) is 0 Å². The van der Waals surface area contributed by atoms with Gasteiger partial charge >= 0.3 is 6.18 Å². The van der Waals surface area contributed by atoms with E-state index >= 15 is 0 Å². The minimum Gasteiger partial charge on any atom is -0.493 e. The zero-order chi connectivity index (χ0) is 22.9. The van der Waals surface area contributed by atoms with Gasteiger partial charge in [0.1, 0.15) is 5.57 Å². The first-order chi connectivity index (χ1) is 14.6. The summed E-state index contributed by atoms with van der Waals surface area (Å²) in [5, 5.41) is 2.03. The second kappa shape index (κ2) is 8.83. The molecular weight excluding hydrogens is 548 g/mol. The standard InChI is InChI=1S/C20H14F3IN2O4S/c1-29-15-8-10(7-14(24)16(15)30-2)6-13-17(27)25-19(31)26(18(13)28)12-5-3-4-11(9-12)20(21,22)23/h3-9H,1-2H3,(H,25,27,31)/b13-6+.